The Morgan fingerprint density at radius 1 is 1.09 bits per heavy atom. The third-order valence-corrected chi connectivity index (χ3v) is 4.77. The first kappa shape index (κ1) is 15.6. The van der Waals surface area contributed by atoms with Crippen LogP contribution in [-0.4, -0.2) is 35.3 Å². The molecule has 0 radical (unpaired) electrons. The Balaban J connectivity index is 2.05. The SMILES string of the molecule is O=C(c1ccccc1)c1cc([N+](=O)[O-])ccc1N1CCSCC1. The van der Waals surface area contributed by atoms with Gasteiger partial charge in [-0.3, -0.25) is 14.9 Å². The number of thioether (sulfide) groups is 1. The van der Waals surface area contributed by atoms with Crippen LogP contribution in [0.5, 0.6) is 0 Å². The van der Waals surface area contributed by atoms with Crippen molar-refractivity contribution in [2.45, 2.75) is 0 Å². The van der Waals surface area contributed by atoms with E-state index in [1.165, 1.54) is 12.1 Å². The normalized spacial score (nSPS) is 14.5. The number of nitrogens with zero attached hydrogens (tertiary/aromatic N) is 2. The molecule has 3 rings (SSSR count). The van der Waals surface area contributed by atoms with Gasteiger partial charge in [0.25, 0.3) is 5.69 Å². The van der Waals surface area contributed by atoms with Gasteiger partial charge in [0, 0.05) is 48.0 Å². The van der Waals surface area contributed by atoms with Crippen molar-refractivity contribution in [2.75, 3.05) is 29.5 Å². The zero-order chi connectivity index (χ0) is 16.2. The van der Waals surface area contributed by atoms with E-state index in [-0.39, 0.29) is 11.5 Å². The van der Waals surface area contributed by atoms with E-state index in [1.807, 2.05) is 17.8 Å². The van der Waals surface area contributed by atoms with Crippen LogP contribution in [0, 0.1) is 10.1 Å². The highest BCUT2D eigenvalue weighted by molar-refractivity contribution is 7.99. The molecule has 1 heterocycles. The average molecular weight is 328 g/mol. The molecular weight excluding hydrogens is 312 g/mol. The molecular formula is C17H16N2O3S. The van der Waals surface area contributed by atoms with Gasteiger partial charge in [0.15, 0.2) is 5.78 Å². The van der Waals surface area contributed by atoms with Gasteiger partial charge in [0.05, 0.1) is 10.5 Å². The van der Waals surface area contributed by atoms with Crippen LogP contribution < -0.4 is 4.90 Å². The lowest BCUT2D eigenvalue weighted by Crippen LogP contribution is -2.33. The van der Waals surface area contributed by atoms with E-state index in [0.717, 1.165) is 30.3 Å². The fourth-order valence-electron chi connectivity index (χ4n) is 2.64. The Kier molecular flexibility index (Phi) is 4.62. The van der Waals surface area contributed by atoms with E-state index in [1.54, 1.807) is 30.3 Å². The van der Waals surface area contributed by atoms with Crippen LogP contribution in [0.3, 0.4) is 0 Å². The number of anilines is 1. The zero-order valence-corrected chi connectivity index (χ0v) is 13.3. The molecule has 5 nitrogen and oxygen atoms in total. The van der Waals surface area contributed by atoms with Gasteiger partial charge in [-0.05, 0) is 6.07 Å². The number of rotatable bonds is 4. The van der Waals surface area contributed by atoms with Crippen LogP contribution in [0.4, 0.5) is 11.4 Å². The number of nitro benzene ring substituents is 1. The Morgan fingerprint density at radius 2 is 1.78 bits per heavy atom. The van der Waals surface area contributed by atoms with E-state index < -0.39 is 4.92 Å². The van der Waals surface area contributed by atoms with Crippen molar-refractivity contribution in [1.82, 2.24) is 0 Å². The van der Waals surface area contributed by atoms with Crippen LogP contribution in [-0.2, 0) is 0 Å². The monoisotopic (exact) mass is 328 g/mol. The van der Waals surface area contributed by atoms with E-state index >= 15 is 0 Å². The Morgan fingerprint density at radius 3 is 2.43 bits per heavy atom. The van der Waals surface area contributed by atoms with Gasteiger partial charge in [0.1, 0.15) is 0 Å². The summed E-state index contributed by atoms with van der Waals surface area (Å²) in [5.41, 5.74) is 1.67. The number of nitro groups is 1. The van der Waals surface area contributed by atoms with Crippen molar-refractivity contribution >= 4 is 28.9 Å². The summed E-state index contributed by atoms with van der Waals surface area (Å²) in [6.45, 7) is 1.69. The molecule has 6 heteroatoms. The summed E-state index contributed by atoms with van der Waals surface area (Å²) in [5.74, 6) is 1.81. The molecule has 1 aliphatic rings. The van der Waals surface area contributed by atoms with Crippen molar-refractivity contribution in [1.29, 1.82) is 0 Å². The van der Waals surface area contributed by atoms with E-state index in [9.17, 15) is 14.9 Å². The smallest absolute Gasteiger partial charge is 0.270 e. The lowest BCUT2D eigenvalue weighted by molar-refractivity contribution is -0.384. The summed E-state index contributed by atoms with van der Waals surface area (Å²) in [7, 11) is 0. The standard InChI is InChI=1S/C17H16N2O3S/c20-17(13-4-2-1-3-5-13)15-12-14(19(21)22)6-7-16(15)18-8-10-23-11-9-18/h1-7,12H,8-11H2. The number of carbonyl (C=O) groups excluding carboxylic acids is 1. The predicted octanol–water partition coefficient (Wildman–Crippen LogP) is 3.38. The Hall–Kier alpha value is -2.34. The van der Waals surface area contributed by atoms with Crippen LogP contribution >= 0.6 is 11.8 Å². The minimum Gasteiger partial charge on any atom is -0.369 e. The minimum atomic E-state index is -0.461. The highest BCUT2D eigenvalue weighted by Crippen LogP contribution is 2.29. The summed E-state index contributed by atoms with van der Waals surface area (Å²) in [4.78, 5) is 25.6. The molecule has 0 aromatic heterocycles. The third-order valence-electron chi connectivity index (χ3n) is 3.82. The largest absolute Gasteiger partial charge is 0.369 e. The molecule has 23 heavy (non-hydrogen) atoms. The molecule has 118 valence electrons. The molecule has 1 fully saturated rings. The number of non-ortho nitro benzene ring substituents is 1. The number of hydrogen-bond acceptors (Lipinski definition) is 5. The average Bonchev–Trinajstić information content (AvgIpc) is 2.62. The summed E-state index contributed by atoms with van der Waals surface area (Å²) in [6, 6.07) is 13.5. The van der Waals surface area contributed by atoms with Gasteiger partial charge in [0.2, 0.25) is 0 Å². The molecule has 0 unspecified atom stereocenters. The molecule has 0 atom stereocenters. The lowest BCUT2D eigenvalue weighted by Gasteiger charge is -2.30. The molecule has 1 aliphatic heterocycles. The van der Waals surface area contributed by atoms with E-state index in [2.05, 4.69) is 4.90 Å². The second-order valence-corrected chi connectivity index (χ2v) is 6.48. The molecule has 2 aromatic carbocycles. The summed E-state index contributed by atoms with van der Waals surface area (Å²) in [5, 5.41) is 11.1. The van der Waals surface area contributed by atoms with Gasteiger partial charge in [-0.25, -0.2) is 0 Å². The number of carbonyl (C=O) groups is 1. The van der Waals surface area contributed by atoms with E-state index in [4.69, 9.17) is 0 Å². The molecule has 0 N–H and O–H groups in total. The first-order valence-electron chi connectivity index (χ1n) is 7.38. The first-order valence-corrected chi connectivity index (χ1v) is 8.53. The van der Waals surface area contributed by atoms with E-state index in [0.29, 0.717) is 11.1 Å². The fraction of sp³-hybridized carbons (Fsp3) is 0.235. The minimum absolute atomic E-state index is 0.0561. The van der Waals surface area contributed by atoms with Crippen LogP contribution in [0.25, 0.3) is 0 Å². The molecule has 0 bridgehead atoms. The predicted molar refractivity (Wildman–Crippen MR) is 92.5 cm³/mol. The molecule has 0 saturated carbocycles. The van der Waals surface area contributed by atoms with Gasteiger partial charge < -0.3 is 4.90 Å². The van der Waals surface area contributed by atoms with Gasteiger partial charge in [-0.1, -0.05) is 30.3 Å². The van der Waals surface area contributed by atoms with Crippen LogP contribution in [0.15, 0.2) is 48.5 Å². The molecule has 2 aromatic rings. The quantitative estimate of drug-likeness (QED) is 0.489. The maximum Gasteiger partial charge on any atom is 0.270 e. The van der Waals surface area contributed by atoms with Crippen molar-refractivity contribution in [3.8, 4) is 0 Å². The van der Waals surface area contributed by atoms with Crippen LogP contribution in [0.1, 0.15) is 15.9 Å². The first-order chi connectivity index (χ1) is 11.2. The lowest BCUT2D eigenvalue weighted by atomic mass is 10.00. The molecule has 1 saturated heterocycles. The van der Waals surface area contributed by atoms with Gasteiger partial charge in [-0.2, -0.15) is 11.8 Å². The Labute approximate surface area is 138 Å². The Bertz CT molecular complexity index is 728. The summed E-state index contributed by atoms with van der Waals surface area (Å²) in [6.07, 6.45) is 0. The topological polar surface area (TPSA) is 63.4 Å². The summed E-state index contributed by atoms with van der Waals surface area (Å²) >= 11 is 1.88. The number of ketones is 1. The van der Waals surface area contributed by atoms with Crippen molar-refractivity contribution in [2.24, 2.45) is 0 Å². The number of benzene rings is 2. The van der Waals surface area contributed by atoms with Gasteiger partial charge >= 0.3 is 0 Å². The second kappa shape index (κ2) is 6.83. The van der Waals surface area contributed by atoms with Crippen LogP contribution in [0.2, 0.25) is 0 Å². The fourth-order valence-corrected chi connectivity index (χ4v) is 3.55. The molecule has 0 aliphatic carbocycles. The molecule has 0 spiro atoms. The highest BCUT2D eigenvalue weighted by atomic mass is 32.2. The van der Waals surface area contributed by atoms with Crippen molar-refractivity contribution < 1.29 is 9.72 Å². The molecule has 0 amide bonds. The third kappa shape index (κ3) is 3.37. The second-order valence-electron chi connectivity index (χ2n) is 5.25. The summed E-state index contributed by atoms with van der Waals surface area (Å²) < 4.78 is 0. The number of hydrogen-bond donors (Lipinski definition) is 0. The van der Waals surface area contributed by atoms with Crippen molar-refractivity contribution in [3.05, 3.63) is 69.8 Å². The van der Waals surface area contributed by atoms with Gasteiger partial charge in [-0.15, -0.1) is 0 Å². The maximum absolute atomic E-state index is 12.8. The van der Waals surface area contributed by atoms with Crippen molar-refractivity contribution in [3.63, 3.8) is 0 Å². The maximum atomic E-state index is 12.8. The highest BCUT2D eigenvalue weighted by Gasteiger charge is 2.22. The zero-order valence-electron chi connectivity index (χ0n) is 12.5.